The van der Waals surface area contributed by atoms with Crippen LogP contribution in [-0.2, 0) is 9.47 Å². The van der Waals surface area contributed by atoms with Crippen LogP contribution in [0.3, 0.4) is 0 Å². The van der Waals surface area contributed by atoms with Gasteiger partial charge in [-0.25, -0.2) is 9.78 Å². The van der Waals surface area contributed by atoms with Crippen LogP contribution in [0.5, 0.6) is 0 Å². The van der Waals surface area contributed by atoms with Gasteiger partial charge < -0.3 is 9.47 Å². The van der Waals surface area contributed by atoms with Gasteiger partial charge in [-0.15, -0.1) is 11.3 Å². The van der Waals surface area contributed by atoms with Gasteiger partial charge in [0, 0.05) is 6.61 Å². The lowest BCUT2D eigenvalue weighted by Gasteiger charge is -2.10. The molecule has 0 aliphatic heterocycles. The van der Waals surface area contributed by atoms with Crippen molar-refractivity contribution in [2.75, 3.05) is 13.7 Å². The van der Waals surface area contributed by atoms with Crippen LogP contribution in [0, 0.1) is 6.92 Å². The minimum absolute atomic E-state index is 0.0212. The number of hydrogen-bond acceptors (Lipinski definition) is 5. The second-order valence-corrected chi connectivity index (χ2v) is 4.34. The normalized spacial score (nSPS) is 12.5. The molecule has 0 spiro atoms. The number of nitrogens with zero attached hydrogens (tertiary/aromatic N) is 1. The smallest absolute Gasteiger partial charge is 0.349 e. The van der Waals surface area contributed by atoms with E-state index < -0.39 is 0 Å². The standard InChI is InChI=1S/C11H17NO3S/c1-5-8(15-6-2)10-12-7(3)9(16-10)11(13)14-4/h8H,5-6H2,1-4H3. The maximum atomic E-state index is 11.4. The number of carbonyl (C=O) groups excluding carboxylic acids is 1. The summed E-state index contributed by atoms with van der Waals surface area (Å²) in [6.07, 6.45) is 0.827. The SMILES string of the molecule is CCOC(CC)c1nc(C)c(C(=O)OC)s1. The number of thiazole rings is 1. The monoisotopic (exact) mass is 243 g/mol. The summed E-state index contributed by atoms with van der Waals surface area (Å²) in [5.74, 6) is -0.326. The number of aromatic nitrogens is 1. The first-order valence-corrected chi connectivity index (χ1v) is 6.12. The van der Waals surface area contributed by atoms with Crippen LogP contribution >= 0.6 is 11.3 Å². The van der Waals surface area contributed by atoms with Gasteiger partial charge in [-0.2, -0.15) is 0 Å². The second kappa shape index (κ2) is 5.96. The van der Waals surface area contributed by atoms with Crippen LogP contribution < -0.4 is 0 Å². The fraction of sp³-hybridized carbons (Fsp3) is 0.636. The van der Waals surface area contributed by atoms with Crippen molar-refractivity contribution in [1.29, 1.82) is 0 Å². The molecule has 0 aliphatic carbocycles. The van der Waals surface area contributed by atoms with Gasteiger partial charge in [-0.05, 0) is 20.3 Å². The Bertz CT molecular complexity index is 362. The van der Waals surface area contributed by atoms with E-state index in [1.807, 2.05) is 20.8 Å². The highest BCUT2D eigenvalue weighted by Crippen LogP contribution is 2.28. The molecule has 1 aromatic rings. The van der Waals surface area contributed by atoms with Crippen LogP contribution in [-0.4, -0.2) is 24.7 Å². The Hall–Kier alpha value is -0.940. The van der Waals surface area contributed by atoms with E-state index in [0.29, 0.717) is 17.2 Å². The Kier molecular flexibility index (Phi) is 4.89. The van der Waals surface area contributed by atoms with Crippen molar-refractivity contribution in [3.8, 4) is 0 Å². The number of hydrogen-bond donors (Lipinski definition) is 0. The predicted molar refractivity (Wildman–Crippen MR) is 62.8 cm³/mol. The lowest BCUT2D eigenvalue weighted by Crippen LogP contribution is -2.02. The molecule has 0 saturated carbocycles. The van der Waals surface area contributed by atoms with E-state index in [0.717, 1.165) is 11.4 Å². The number of rotatable bonds is 5. The number of esters is 1. The van der Waals surface area contributed by atoms with Crippen molar-refractivity contribution in [1.82, 2.24) is 4.98 Å². The quantitative estimate of drug-likeness (QED) is 0.746. The van der Waals surface area contributed by atoms with Crippen LogP contribution in [0.1, 0.15) is 46.7 Å². The van der Waals surface area contributed by atoms with Gasteiger partial charge in [0.05, 0.1) is 12.8 Å². The average molecular weight is 243 g/mol. The van der Waals surface area contributed by atoms with E-state index in [1.165, 1.54) is 18.4 Å². The van der Waals surface area contributed by atoms with Crippen molar-refractivity contribution < 1.29 is 14.3 Å². The van der Waals surface area contributed by atoms with Gasteiger partial charge in [0.15, 0.2) is 0 Å². The molecule has 0 amide bonds. The average Bonchev–Trinajstić information content (AvgIpc) is 2.67. The van der Waals surface area contributed by atoms with Crippen LogP contribution in [0.15, 0.2) is 0 Å². The number of ether oxygens (including phenoxy) is 2. The van der Waals surface area contributed by atoms with Crippen LogP contribution in [0.4, 0.5) is 0 Å². The molecule has 0 saturated heterocycles. The van der Waals surface area contributed by atoms with Gasteiger partial charge in [0.25, 0.3) is 0 Å². The molecule has 0 bridgehead atoms. The van der Waals surface area contributed by atoms with Gasteiger partial charge in [0.2, 0.25) is 0 Å². The first-order chi connectivity index (χ1) is 7.63. The van der Waals surface area contributed by atoms with E-state index >= 15 is 0 Å². The summed E-state index contributed by atoms with van der Waals surface area (Å²) in [5, 5.41) is 0.849. The molecule has 5 heteroatoms. The molecule has 1 unspecified atom stereocenters. The third-order valence-electron chi connectivity index (χ3n) is 2.20. The van der Waals surface area contributed by atoms with E-state index in [1.54, 1.807) is 0 Å². The predicted octanol–water partition coefficient (Wildman–Crippen LogP) is 2.73. The van der Waals surface area contributed by atoms with Gasteiger partial charge in [-0.1, -0.05) is 6.92 Å². The summed E-state index contributed by atoms with van der Waals surface area (Å²) in [5.41, 5.74) is 0.713. The highest BCUT2D eigenvalue weighted by molar-refractivity contribution is 7.13. The number of aryl methyl sites for hydroxylation is 1. The third kappa shape index (κ3) is 2.80. The van der Waals surface area contributed by atoms with E-state index in [4.69, 9.17) is 9.47 Å². The molecule has 0 radical (unpaired) electrons. The van der Waals surface area contributed by atoms with Crippen LogP contribution in [0.2, 0.25) is 0 Å². The Labute approximate surface area is 99.6 Å². The van der Waals surface area contributed by atoms with Gasteiger partial charge in [0.1, 0.15) is 16.0 Å². The third-order valence-corrected chi connectivity index (χ3v) is 3.43. The van der Waals surface area contributed by atoms with E-state index in [-0.39, 0.29) is 12.1 Å². The highest BCUT2D eigenvalue weighted by atomic mass is 32.1. The van der Waals surface area contributed by atoms with Crippen molar-refractivity contribution in [2.24, 2.45) is 0 Å². The lowest BCUT2D eigenvalue weighted by atomic mass is 10.3. The van der Waals surface area contributed by atoms with Gasteiger partial charge >= 0.3 is 5.97 Å². The zero-order valence-electron chi connectivity index (χ0n) is 10.1. The van der Waals surface area contributed by atoms with Gasteiger partial charge in [-0.3, -0.25) is 0 Å². The first-order valence-electron chi connectivity index (χ1n) is 5.31. The second-order valence-electron chi connectivity index (χ2n) is 3.31. The van der Waals surface area contributed by atoms with Crippen molar-refractivity contribution >= 4 is 17.3 Å². The zero-order chi connectivity index (χ0) is 12.1. The van der Waals surface area contributed by atoms with E-state index in [2.05, 4.69) is 4.98 Å². The summed E-state index contributed by atoms with van der Waals surface area (Å²) < 4.78 is 10.2. The summed E-state index contributed by atoms with van der Waals surface area (Å²) in [6.45, 7) is 6.44. The number of carbonyl (C=O) groups is 1. The van der Waals surface area contributed by atoms with Crippen molar-refractivity contribution in [2.45, 2.75) is 33.3 Å². The Morgan fingerprint density at radius 3 is 2.69 bits per heavy atom. The molecule has 1 aromatic heterocycles. The largest absolute Gasteiger partial charge is 0.465 e. The highest BCUT2D eigenvalue weighted by Gasteiger charge is 2.20. The fourth-order valence-electron chi connectivity index (χ4n) is 1.40. The van der Waals surface area contributed by atoms with Crippen LogP contribution in [0.25, 0.3) is 0 Å². The molecule has 0 aliphatic rings. The Morgan fingerprint density at radius 1 is 1.50 bits per heavy atom. The Balaban J connectivity index is 2.94. The number of methoxy groups -OCH3 is 1. The lowest BCUT2D eigenvalue weighted by molar-refractivity contribution is 0.0595. The zero-order valence-corrected chi connectivity index (χ0v) is 10.9. The minimum Gasteiger partial charge on any atom is -0.465 e. The topological polar surface area (TPSA) is 48.4 Å². The molecule has 90 valence electrons. The molecule has 16 heavy (non-hydrogen) atoms. The van der Waals surface area contributed by atoms with Crippen molar-refractivity contribution in [3.63, 3.8) is 0 Å². The van der Waals surface area contributed by atoms with E-state index in [9.17, 15) is 4.79 Å². The molecular formula is C11H17NO3S. The molecule has 1 heterocycles. The fourth-order valence-corrected chi connectivity index (χ4v) is 2.52. The summed E-state index contributed by atoms with van der Waals surface area (Å²) in [7, 11) is 1.38. The summed E-state index contributed by atoms with van der Waals surface area (Å²) >= 11 is 1.35. The molecular weight excluding hydrogens is 226 g/mol. The molecule has 4 nitrogen and oxygen atoms in total. The molecule has 1 rings (SSSR count). The molecule has 0 aromatic carbocycles. The summed E-state index contributed by atoms with van der Waals surface area (Å²) in [6, 6.07) is 0. The molecule has 1 atom stereocenters. The summed E-state index contributed by atoms with van der Waals surface area (Å²) in [4.78, 5) is 16.4. The molecule has 0 fully saturated rings. The maximum absolute atomic E-state index is 11.4. The van der Waals surface area contributed by atoms with Crippen molar-refractivity contribution in [3.05, 3.63) is 15.6 Å². The molecule has 0 N–H and O–H groups in total. The minimum atomic E-state index is -0.326. The Morgan fingerprint density at radius 2 is 2.19 bits per heavy atom. The maximum Gasteiger partial charge on any atom is 0.349 e. The first kappa shape index (κ1) is 13.1.